The first-order chi connectivity index (χ1) is 9.02. The molecule has 1 unspecified atom stereocenters. The molecule has 0 fully saturated rings. The van der Waals surface area contributed by atoms with Gasteiger partial charge in [0.05, 0.1) is 0 Å². The number of aryl methyl sites for hydroxylation is 1. The van der Waals surface area contributed by atoms with E-state index in [1.807, 2.05) is 6.92 Å². The summed E-state index contributed by atoms with van der Waals surface area (Å²) in [7, 11) is 0. The smallest absolute Gasteiger partial charge is 0.315 e. The number of hydrogen-bond donors (Lipinski definition) is 3. The van der Waals surface area contributed by atoms with Crippen LogP contribution in [0.3, 0.4) is 0 Å². The van der Waals surface area contributed by atoms with Crippen LogP contribution in [0, 0.1) is 12.7 Å². The van der Waals surface area contributed by atoms with E-state index in [0.717, 1.165) is 12.0 Å². The van der Waals surface area contributed by atoms with Gasteiger partial charge in [0.2, 0.25) is 0 Å². The molecule has 0 heterocycles. The Morgan fingerprint density at radius 3 is 2.84 bits per heavy atom. The maximum absolute atomic E-state index is 13.1. The van der Waals surface area contributed by atoms with E-state index in [9.17, 15) is 9.18 Å². The van der Waals surface area contributed by atoms with Gasteiger partial charge < -0.3 is 15.7 Å². The summed E-state index contributed by atoms with van der Waals surface area (Å²) in [4.78, 5) is 11.6. The molecule has 0 radical (unpaired) electrons. The Morgan fingerprint density at radius 2 is 2.21 bits per heavy atom. The van der Waals surface area contributed by atoms with Crippen molar-refractivity contribution in [3.8, 4) is 0 Å². The highest BCUT2D eigenvalue weighted by molar-refractivity contribution is 5.74. The lowest BCUT2D eigenvalue weighted by atomic mass is 10.1. The second-order valence-corrected chi connectivity index (χ2v) is 4.68. The standard InChI is InChI=1S/C14H21FN2O2/c1-10-8-12(5-6-13(10)15)9-16-14(19)17-11(2)4-3-7-18/h5-6,8,11,18H,3-4,7,9H2,1-2H3,(H2,16,17,19). The molecule has 19 heavy (non-hydrogen) atoms. The zero-order valence-electron chi connectivity index (χ0n) is 11.4. The van der Waals surface area contributed by atoms with Gasteiger partial charge in [0.25, 0.3) is 0 Å². The van der Waals surface area contributed by atoms with E-state index in [1.54, 1.807) is 19.1 Å². The molecule has 3 N–H and O–H groups in total. The van der Waals surface area contributed by atoms with E-state index >= 15 is 0 Å². The molecule has 0 bridgehead atoms. The van der Waals surface area contributed by atoms with Gasteiger partial charge in [-0.2, -0.15) is 0 Å². The van der Waals surface area contributed by atoms with Crippen molar-refractivity contribution in [2.75, 3.05) is 6.61 Å². The van der Waals surface area contributed by atoms with Gasteiger partial charge in [-0.1, -0.05) is 12.1 Å². The van der Waals surface area contributed by atoms with Crippen molar-refractivity contribution in [3.63, 3.8) is 0 Å². The average molecular weight is 268 g/mol. The zero-order chi connectivity index (χ0) is 14.3. The van der Waals surface area contributed by atoms with E-state index in [2.05, 4.69) is 10.6 Å². The fraction of sp³-hybridized carbons (Fsp3) is 0.500. The van der Waals surface area contributed by atoms with E-state index in [0.29, 0.717) is 18.5 Å². The highest BCUT2D eigenvalue weighted by atomic mass is 19.1. The molecule has 1 aromatic rings. The third-order valence-electron chi connectivity index (χ3n) is 2.85. The van der Waals surface area contributed by atoms with Gasteiger partial charge in [-0.15, -0.1) is 0 Å². The molecule has 1 atom stereocenters. The van der Waals surface area contributed by atoms with Gasteiger partial charge in [-0.25, -0.2) is 9.18 Å². The second kappa shape index (κ2) is 7.74. The van der Waals surface area contributed by atoms with Crippen LogP contribution in [0.25, 0.3) is 0 Å². The normalized spacial score (nSPS) is 12.0. The molecular formula is C14H21FN2O2. The molecule has 5 heteroatoms. The van der Waals surface area contributed by atoms with Crippen LogP contribution in [0.2, 0.25) is 0 Å². The third kappa shape index (κ3) is 5.70. The van der Waals surface area contributed by atoms with Gasteiger partial charge >= 0.3 is 6.03 Å². The molecule has 0 saturated heterocycles. The number of carbonyl (C=O) groups is 1. The minimum atomic E-state index is -0.257. The van der Waals surface area contributed by atoms with Crippen molar-refractivity contribution < 1.29 is 14.3 Å². The van der Waals surface area contributed by atoms with Crippen LogP contribution < -0.4 is 10.6 Å². The molecule has 0 aliphatic heterocycles. The van der Waals surface area contributed by atoms with Crippen LogP contribution >= 0.6 is 0 Å². The molecule has 0 saturated carbocycles. The molecule has 1 aromatic carbocycles. The SMILES string of the molecule is Cc1cc(CNC(=O)NC(C)CCCO)ccc1F. The monoisotopic (exact) mass is 268 g/mol. The Bertz CT molecular complexity index is 424. The molecule has 0 spiro atoms. The lowest BCUT2D eigenvalue weighted by Crippen LogP contribution is -2.40. The maximum atomic E-state index is 13.1. The third-order valence-corrected chi connectivity index (χ3v) is 2.85. The van der Waals surface area contributed by atoms with Crippen LogP contribution in [0.1, 0.15) is 30.9 Å². The summed E-state index contributed by atoms with van der Waals surface area (Å²) in [6.45, 7) is 4.06. The molecule has 0 aliphatic rings. The summed E-state index contributed by atoms with van der Waals surface area (Å²) in [5, 5.41) is 14.2. The van der Waals surface area contributed by atoms with E-state index in [1.165, 1.54) is 6.07 Å². The first-order valence-corrected chi connectivity index (χ1v) is 6.43. The minimum Gasteiger partial charge on any atom is -0.396 e. The molecule has 0 aliphatic carbocycles. The zero-order valence-corrected chi connectivity index (χ0v) is 11.4. The predicted octanol–water partition coefficient (Wildman–Crippen LogP) is 2.09. The Balaban J connectivity index is 2.35. The van der Waals surface area contributed by atoms with Crippen LogP contribution in [0.5, 0.6) is 0 Å². The predicted molar refractivity (Wildman–Crippen MR) is 72.3 cm³/mol. The molecule has 0 aromatic heterocycles. The lowest BCUT2D eigenvalue weighted by molar-refractivity contribution is 0.234. The number of halogens is 1. The quantitative estimate of drug-likeness (QED) is 0.740. The first-order valence-electron chi connectivity index (χ1n) is 6.43. The number of aliphatic hydroxyl groups excluding tert-OH is 1. The van der Waals surface area contributed by atoms with Crippen molar-refractivity contribution in [2.24, 2.45) is 0 Å². The fourth-order valence-electron chi connectivity index (χ4n) is 1.74. The van der Waals surface area contributed by atoms with Crippen LogP contribution in [0.4, 0.5) is 9.18 Å². The summed E-state index contributed by atoms with van der Waals surface area (Å²) in [5.74, 6) is -0.245. The topological polar surface area (TPSA) is 61.4 Å². The lowest BCUT2D eigenvalue weighted by Gasteiger charge is -2.14. The van der Waals surface area contributed by atoms with Gasteiger partial charge in [0.15, 0.2) is 0 Å². The van der Waals surface area contributed by atoms with Crippen LogP contribution in [-0.4, -0.2) is 23.8 Å². The number of aliphatic hydroxyl groups is 1. The molecule has 2 amide bonds. The van der Waals surface area contributed by atoms with Crippen LogP contribution in [0.15, 0.2) is 18.2 Å². The van der Waals surface area contributed by atoms with Crippen LogP contribution in [-0.2, 0) is 6.54 Å². The van der Waals surface area contributed by atoms with Gasteiger partial charge in [0, 0.05) is 19.2 Å². The second-order valence-electron chi connectivity index (χ2n) is 4.68. The number of hydrogen-bond acceptors (Lipinski definition) is 2. The summed E-state index contributed by atoms with van der Waals surface area (Å²) in [6, 6.07) is 4.52. The number of rotatable bonds is 6. The fourth-order valence-corrected chi connectivity index (χ4v) is 1.74. The van der Waals surface area contributed by atoms with E-state index in [4.69, 9.17) is 5.11 Å². The number of benzene rings is 1. The van der Waals surface area contributed by atoms with E-state index in [-0.39, 0.29) is 24.5 Å². The first kappa shape index (κ1) is 15.4. The van der Waals surface area contributed by atoms with Crippen molar-refractivity contribution in [1.29, 1.82) is 0 Å². The number of carbonyl (C=O) groups excluding carboxylic acids is 1. The Hall–Kier alpha value is -1.62. The summed E-state index contributed by atoms with van der Waals surface area (Å²) in [6.07, 6.45) is 1.40. The maximum Gasteiger partial charge on any atom is 0.315 e. The largest absolute Gasteiger partial charge is 0.396 e. The minimum absolute atomic E-state index is 0.0158. The summed E-state index contributed by atoms with van der Waals surface area (Å²) >= 11 is 0. The summed E-state index contributed by atoms with van der Waals surface area (Å²) < 4.78 is 13.1. The Kier molecular flexibility index (Phi) is 6.29. The van der Waals surface area contributed by atoms with Gasteiger partial charge in [0.1, 0.15) is 5.82 Å². The average Bonchev–Trinajstić information content (AvgIpc) is 2.38. The highest BCUT2D eigenvalue weighted by Crippen LogP contribution is 2.08. The molecule has 4 nitrogen and oxygen atoms in total. The number of nitrogens with one attached hydrogen (secondary N) is 2. The Morgan fingerprint density at radius 1 is 1.47 bits per heavy atom. The van der Waals surface area contributed by atoms with Crippen molar-refractivity contribution >= 4 is 6.03 Å². The van der Waals surface area contributed by atoms with Crippen molar-refractivity contribution in [3.05, 3.63) is 35.1 Å². The number of urea groups is 1. The molecule has 1 rings (SSSR count). The van der Waals surface area contributed by atoms with Gasteiger partial charge in [-0.05, 0) is 43.9 Å². The van der Waals surface area contributed by atoms with E-state index < -0.39 is 0 Å². The summed E-state index contributed by atoms with van der Waals surface area (Å²) in [5.41, 5.74) is 1.42. The highest BCUT2D eigenvalue weighted by Gasteiger charge is 2.06. The number of amides is 2. The Labute approximate surface area is 113 Å². The van der Waals surface area contributed by atoms with Crippen molar-refractivity contribution in [1.82, 2.24) is 10.6 Å². The van der Waals surface area contributed by atoms with Crippen molar-refractivity contribution in [2.45, 2.75) is 39.3 Å². The van der Waals surface area contributed by atoms with Gasteiger partial charge in [-0.3, -0.25) is 0 Å². The molecular weight excluding hydrogens is 247 g/mol. The molecule has 106 valence electrons.